The van der Waals surface area contributed by atoms with E-state index in [0.29, 0.717) is 18.2 Å². The Kier molecular flexibility index (Phi) is 7.49. The Labute approximate surface area is 185 Å². The van der Waals surface area contributed by atoms with Crippen molar-refractivity contribution in [1.29, 1.82) is 5.41 Å². The monoisotopic (exact) mass is 424 g/mol. The van der Waals surface area contributed by atoms with Crippen LogP contribution in [0.5, 0.6) is 0 Å². The molecule has 7 nitrogen and oxygen atoms in total. The smallest absolute Gasteiger partial charge is 0.0974 e. The van der Waals surface area contributed by atoms with Crippen LogP contribution in [0.25, 0.3) is 0 Å². The quantitative estimate of drug-likeness (QED) is 0.468. The lowest BCUT2D eigenvalue weighted by atomic mass is 10.1. The second-order valence-electron chi connectivity index (χ2n) is 8.55. The summed E-state index contributed by atoms with van der Waals surface area (Å²) in [4.78, 5) is 7.03. The Morgan fingerprint density at radius 1 is 1.32 bits per heavy atom. The van der Waals surface area contributed by atoms with Crippen molar-refractivity contribution in [2.75, 3.05) is 20.2 Å². The Morgan fingerprint density at radius 3 is 2.65 bits per heavy atom. The zero-order valence-electron chi connectivity index (χ0n) is 19.2. The third-order valence-corrected chi connectivity index (χ3v) is 6.24. The standard InChI is InChI=1S/C24H36N6O/c1-5-8-22-23(19-13-27-30(14-19)20(6-2)7-3)28-21(15-29(22)4)18(11-25)12-26-16-24(17-31)9-10-24/h8,11-15,20,25-26,31H,5-7,9-10,16-17H2,1-4H3/b18-12+,22-8-,25-11?. The lowest BCUT2D eigenvalue weighted by molar-refractivity contribution is 0.211. The number of hydrogen-bond acceptors (Lipinski definition) is 6. The number of aromatic nitrogens is 2. The van der Waals surface area contributed by atoms with E-state index in [9.17, 15) is 5.11 Å². The summed E-state index contributed by atoms with van der Waals surface area (Å²) in [5.74, 6) is 0. The van der Waals surface area contributed by atoms with Crippen LogP contribution in [0, 0.1) is 10.8 Å². The largest absolute Gasteiger partial charge is 0.396 e. The first-order valence-electron chi connectivity index (χ1n) is 11.3. The third kappa shape index (κ3) is 5.15. The van der Waals surface area contributed by atoms with Gasteiger partial charge in [-0.05, 0) is 32.1 Å². The molecule has 0 aromatic carbocycles. The average molecular weight is 425 g/mol. The minimum absolute atomic E-state index is 0.0104. The van der Waals surface area contributed by atoms with Crippen LogP contribution in [0.2, 0.25) is 0 Å². The molecule has 3 rings (SSSR count). The molecule has 168 valence electrons. The van der Waals surface area contributed by atoms with Crippen LogP contribution in [0.3, 0.4) is 0 Å². The molecule has 1 aliphatic heterocycles. The van der Waals surface area contributed by atoms with Gasteiger partial charge in [-0.25, -0.2) is 4.99 Å². The first kappa shape index (κ1) is 23.0. The molecule has 31 heavy (non-hydrogen) atoms. The number of rotatable bonds is 11. The van der Waals surface area contributed by atoms with Gasteiger partial charge in [-0.3, -0.25) is 4.68 Å². The normalized spacial score (nSPS) is 19.5. The maximum absolute atomic E-state index is 9.52. The van der Waals surface area contributed by atoms with Crippen LogP contribution in [-0.2, 0) is 0 Å². The SMILES string of the molecule is CC/C=C1/C(c2cnn(C(CC)CC)c2)=NC(/C(C=N)=C/NCC2(CO)CC2)=CN1C. The van der Waals surface area contributed by atoms with E-state index in [1.54, 1.807) is 0 Å². The molecule has 1 aliphatic carbocycles. The number of nitrogens with one attached hydrogen (secondary N) is 2. The van der Waals surface area contributed by atoms with Gasteiger partial charge in [-0.2, -0.15) is 5.10 Å². The second kappa shape index (κ2) is 10.1. The van der Waals surface area contributed by atoms with E-state index in [4.69, 9.17) is 10.4 Å². The molecule has 1 saturated carbocycles. The second-order valence-corrected chi connectivity index (χ2v) is 8.55. The van der Waals surface area contributed by atoms with Crippen molar-refractivity contribution in [1.82, 2.24) is 20.0 Å². The Balaban J connectivity index is 1.91. The van der Waals surface area contributed by atoms with E-state index in [2.05, 4.69) is 48.4 Å². The van der Waals surface area contributed by atoms with E-state index in [1.165, 1.54) is 6.21 Å². The molecule has 0 spiro atoms. The van der Waals surface area contributed by atoms with Crippen molar-refractivity contribution in [3.05, 3.63) is 53.4 Å². The molecule has 0 atom stereocenters. The number of aliphatic hydroxyl groups is 1. The van der Waals surface area contributed by atoms with Crippen LogP contribution < -0.4 is 5.32 Å². The maximum atomic E-state index is 9.52. The molecular weight excluding hydrogens is 388 g/mol. The van der Waals surface area contributed by atoms with Crippen molar-refractivity contribution in [2.45, 2.75) is 58.9 Å². The highest BCUT2D eigenvalue weighted by Crippen LogP contribution is 2.44. The van der Waals surface area contributed by atoms with Gasteiger partial charge in [0.2, 0.25) is 0 Å². The summed E-state index contributed by atoms with van der Waals surface area (Å²) in [6.45, 7) is 7.40. The number of allylic oxidation sites excluding steroid dienone is 3. The number of aliphatic imine (C=N–C) groups is 1. The number of likely N-dealkylation sites (N-methyl/N-ethyl adjacent to an activating group) is 1. The third-order valence-electron chi connectivity index (χ3n) is 6.24. The molecule has 0 unspecified atom stereocenters. The van der Waals surface area contributed by atoms with Crippen molar-refractivity contribution in [3.8, 4) is 0 Å². The summed E-state index contributed by atoms with van der Waals surface area (Å²) in [6, 6.07) is 0.381. The summed E-state index contributed by atoms with van der Waals surface area (Å²) < 4.78 is 2.04. The molecule has 1 aromatic rings. The topological polar surface area (TPSA) is 89.5 Å². The highest BCUT2D eigenvalue weighted by Gasteiger charge is 2.41. The predicted octanol–water partition coefficient (Wildman–Crippen LogP) is 4.01. The summed E-state index contributed by atoms with van der Waals surface area (Å²) in [7, 11) is 2.02. The minimum atomic E-state index is 0.0104. The van der Waals surface area contributed by atoms with E-state index in [-0.39, 0.29) is 12.0 Å². The van der Waals surface area contributed by atoms with Gasteiger partial charge in [-0.1, -0.05) is 26.8 Å². The van der Waals surface area contributed by atoms with Gasteiger partial charge in [-0.15, -0.1) is 0 Å². The molecule has 7 heteroatoms. The van der Waals surface area contributed by atoms with Crippen molar-refractivity contribution >= 4 is 11.9 Å². The number of nitrogens with zero attached hydrogens (tertiary/aromatic N) is 4. The lowest BCUT2D eigenvalue weighted by Crippen LogP contribution is -2.25. The average Bonchev–Trinajstić information content (AvgIpc) is 3.40. The molecule has 1 aromatic heterocycles. The predicted molar refractivity (Wildman–Crippen MR) is 126 cm³/mol. The van der Waals surface area contributed by atoms with Gasteiger partial charge < -0.3 is 20.7 Å². The fourth-order valence-corrected chi connectivity index (χ4v) is 3.87. The van der Waals surface area contributed by atoms with E-state index in [1.807, 2.05) is 30.3 Å². The van der Waals surface area contributed by atoms with Crippen molar-refractivity contribution in [2.24, 2.45) is 10.4 Å². The first-order valence-corrected chi connectivity index (χ1v) is 11.3. The Bertz CT molecular complexity index is 899. The molecule has 2 aliphatic rings. The maximum Gasteiger partial charge on any atom is 0.0974 e. The molecule has 0 radical (unpaired) electrons. The van der Waals surface area contributed by atoms with Crippen LogP contribution in [0.15, 0.2) is 52.8 Å². The summed E-state index contributed by atoms with van der Waals surface area (Å²) in [6.07, 6.45) is 16.3. The van der Waals surface area contributed by atoms with E-state index < -0.39 is 0 Å². The zero-order valence-corrected chi connectivity index (χ0v) is 19.2. The molecular formula is C24H36N6O. The van der Waals surface area contributed by atoms with E-state index >= 15 is 0 Å². The van der Waals surface area contributed by atoms with Gasteiger partial charge in [0.1, 0.15) is 0 Å². The van der Waals surface area contributed by atoms with Gasteiger partial charge in [0, 0.05) is 55.0 Å². The van der Waals surface area contributed by atoms with Crippen molar-refractivity contribution in [3.63, 3.8) is 0 Å². The molecule has 3 N–H and O–H groups in total. The molecule has 2 heterocycles. The molecule has 1 fully saturated rings. The number of hydrogen-bond donors (Lipinski definition) is 3. The summed E-state index contributed by atoms with van der Waals surface area (Å²) in [5, 5.41) is 25.4. The van der Waals surface area contributed by atoms with E-state index in [0.717, 1.165) is 54.8 Å². The van der Waals surface area contributed by atoms with Crippen molar-refractivity contribution < 1.29 is 5.11 Å². The van der Waals surface area contributed by atoms with Gasteiger partial charge >= 0.3 is 0 Å². The van der Waals surface area contributed by atoms with Crippen LogP contribution in [0.4, 0.5) is 0 Å². The fraction of sp³-hybridized carbons (Fsp3) is 0.542. The molecule has 0 saturated heterocycles. The summed E-state index contributed by atoms with van der Waals surface area (Å²) >= 11 is 0. The Morgan fingerprint density at radius 2 is 2.06 bits per heavy atom. The molecule has 0 bridgehead atoms. The van der Waals surface area contributed by atoms with Gasteiger partial charge in [0.25, 0.3) is 0 Å². The highest BCUT2D eigenvalue weighted by molar-refractivity contribution is 6.13. The van der Waals surface area contributed by atoms with Gasteiger partial charge in [0.05, 0.1) is 36.0 Å². The van der Waals surface area contributed by atoms with Gasteiger partial charge in [0.15, 0.2) is 0 Å². The zero-order chi connectivity index (χ0) is 22.4. The first-order chi connectivity index (χ1) is 15.0. The fourth-order valence-electron chi connectivity index (χ4n) is 3.87. The highest BCUT2D eigenvalue weighted by atomic mass is 16.3. The summed E-state index contributed by atoms with van der Waals surface area (Å²) in [5.41, 5.74) is 4.36. The lowest BCUT2D eigenvalue weighted by Gasteiger charge is -2.26. The number of aliphatic hydroxyl groups excluding tert-OH is 1. The molecule has 0 amide bonds. The Hall–Kier alpha value is -2.67. The minimum Gasteiger partial charge on any atom is -0.396 e. The van der Waals surface area contributed by atoms with Crippen LogP contribution in [0.1, 0.15) is 64.5 Å². The van der Waals surface area contributed by atoms with Crippen LogP contribution in [-0.4, -0.2) is 51.9 Å². The van der Waals surface area contributed by atoms with Crippen LogP contribution >= 0.6 is 0 Å².